The van der Waals surface area contributed by atoms with Crippen molar-refractivity contribution in [2.45, 2.75) is 52.7 Å². The Bertz CT molecular complexity index is 1150. The van der Waals surface area contributed by atoms with Crippen molar-refractivity contribution >= 4 is 27.5 Å². The lowest BCUT2D eigenvalue weighted by Crippen LogP contribution is -2.52. The molecule has 0 unspecified atom stereocenters. The fourth-order valence-electron chi connectivity index (χ4n) is 3.57. The SMILES string of the molecule is CC[C@H](C)NC(=O)[C@@H](C)N(Cc1ccc(OC)cc1)C(=O)CN(c1cc(C)ccc1OC)S(C)(=O)=O. The zero-order valence-electron chi connectivity index (χ0n) is 22.1. The summed E-state index contributed by atoms with van der Waals surface area (Å²) in [5.74, 6) is 0.147. The molecule has 1 N–H and O–H groups in total. The molecule has 0 aromatic heterocycles. The Morgan fingerprint density at radius 3 is 2.19 bits per heavy atom. The number of rotatable bonds is 12. The van der Waals surface area contributed by atoms with Crippen LogP contribution in [-0.4, -0.2) is 64.2 Å². The highest BCUT2D eigenvalue weighted by molar-refractivity contribution is 7.92. The summed E-state index contributed by atoms with van der Waals surface area (Å²) in [6, 6.07) is 11.3. The molecule has 0 saturated carbocycles. The summed E-state index contributed by atoms with van der Waals surface area (Å²) in [4.78, 5) is 28.0. The van der Waals surface area contributed by atoms with Crippen LogP contribution in [-0.2, 0) is 26.2 Å². The van der Waals surface area contributed by atoms with E-state index in [2.05, 4.69) is 5.32 Å². The molecule has 2 aromatic rings. The van der Waals surface area contributed by atoms with E-state index in [1.807, 2.05) is 20.8 Å². The average molecular weight is 520 g/mol. The topological polar surface area (TPSA) is 105 Å². The Hall–Kier alpha value is -3.27. The number of hydrogen-bond acceptors (Lipinski definition) is 6. The molecule has 198 valence electrons. The summed E-state index contributed by atoms with van der Waals surface area (Å²) in [7, 11) is -0.859. The van der Waals surface area contributed by atoms with Crippen molar-refractivity contribution in [3.63, 3.8) is 0 Å². The minimum Gasteiger partial charge on any atom is -0.497 e. The van der Waals surface area contributed by atoms with Crippen molar-refractivity contribution in [3.05, 3.63) is 53.6 Å². The molecule has 36 heavy (non-hydrogen) atoms. The molecule has 0 heterocycles. The van der Waals surface area contributed by atoms with Gasteiger partial charge >= 0.3 is 0 Å². The van der Waals surface area contributed by atoms with Gasteiger partial charge < -0.3 is 19.7 Å². The van der Waals surface area contributed by atoms with Gasteiger partial charge in [-0.05, 0) is 62.6 Å². The predicted octanol–water partition coefficient (Wildman–Crippen LogP) is 3.11. The monoisotopic (exact) mass is 519 g/mol. The second-order valence-corrected chi connectivity index (χ2v) is 10.7. The molecule has 0 radical (unpaired) electrons. The Balaban J connectivity index is 2.45. The zero-order valence-corrected chi connectivity index (χ0v) is 22.9. The summed E-state index contributed by atoms with van der Waals surface area (Å²) in [6.07, 6.45) is 1.77. The summed E-state index contributed by atoms with van der Waals surface area (Å²) in [6.45, 7) is 6.92. The van der Waals surface area contributed by atoms with Crippen LogP contribution in [0.15, 0.2) is 42.5 Å². The number of sulfonamides is 1. The lowest BCUT2D eigenvalue weighted by atomic mass is 10.1. The van der Waals surface area contributed by atoms with Crippen molar-refractivity contribution in [1.82, 2.24) is 10.2 Å². The summed E-state index contributed by atoms with van der Waals surface area (Å²) in [5, 5.41) is 2.90. The van der Waals surface area contributed by atoms with Crippen LogP contribution >= 0.6 is 0 Å². The number of carbonyl (C=O) groups excluding carboxylic acids is 2. The number of anilines is 1. The maximum atomic E-state index is 13.7. The van der Waals surface area contributed by atoms with Gasteiger partial charge in [-0.3, -0.25) is 13.9 Å². The van der Waals surface area contributed by atoms with Crippen LogP contribution in [0, 0.1) is 6.92 Å². The molecule has 2 amide bonds. The van der Waals surface area contributed by atoms with Crippen LogP contribution in [0.5, 0.6) is 11.5 Å². The number of benzene rings is 2. The van der Waals surface area contributed by atoms with Gasteiger partial charge in [0.25, 0.3) is 0 Å². The minimum absolute atomic E-state index is 0.0676. The number of aryl methyl sites for hydroxylation is 1. The highest BCUT2D eigenvalue weighted by Gasteiger charge is 2.31. The number of amides is 2. The van der Waals surface area contributed by atoms with Crippen molar-refractivity contribution in [2.24, 2.45) is 0 Å². The second-order valence-electron chi connectivity index (χ2n) is 8.81. The van der Waals surface area contributed by atoms with E-state index in [0.29, 0.717) is 11.5 Å². The Morgan fingerprint density at radius 2 is 1.67 bits per heavy atom. The molecule has 0 fully saturated rings. The Labute approximate surface area is 214 Å². The lowest BCUT2D eigenvalue weighted by molar-refractivity contribution is -0.139. The van der Waals surface area contributed by atoms with Crippen LogP contribution in [0.25, 0.3) is 0 Å². The molecule has 0 spiro atoms. The number of hydrogen-bond donors (Lipinski definition) is 1. The molecule has 0 aliphatic carbocycles. The number of ether oxygens (including phenoxy) is 2. The van der Waals surface area contributed by atoms with Crippen molar-refractivity contribution in [3.8, 4) is 11.5 Å². The van der Waals surface area contributed by atoms with E-state index >= 15 is 0 Å². The van der Waals surface area contributed by atoms with E-state index in [1.54, 1.807) is 56.5 Å². The van der Waals surface area contributed by atoms with E-state index < -0.39 is 28.5 Å². The maximum Gasteiger partial charge on any atom is 0.244 e. The highest BCUT2D eigenvalue weighted by Crippen LogP contribution is 2.31. The third-order valence-electron chi connectivity index (χ3n) is 5.96. The van der Waals surface area contributed by atoms with E-state index in [-0.39, 0.29) is 24.2 Å². The predicted molar refractivity (Wildman–Crippen MR) is 141 cm³/mol. The maximum absolute atomic E-state index is 13.7. The molecular formula is C26H37N3O6S. The number of nitrogens with one attached hydrogen (secondary N) is 1. The molecule has 0 aliphatic rings. The van der Waals surface area contributed by atoms with Gasteiger partial charge in [-0.2, -0.15) is 0 Å². The van der Waals surface area contributed by atoms with E-state index in [4.69, 9.17) is 9.47 Å². The first-order chi connectivity index (χ1) is 16.9. The fourth-order valence-corrected chi connectivity index (χ4v) is 4.41. The van der Waals surface area contributed by atoms with Gasteiger partial charge in [0.1, 0.15) is 24.1 Å². The normalized spacial score (nSPS) is 12.9. The van der Waals surface area contributed by atoms with Crippen LogP contribution in [0.3, 0.4) is 0 Å². The van der Waals surface area contributed by atoms with E-state index in [1.165, 1.54) is 12.0 Å². The van der Waals surface area contributed by atoms with Gasteiger partial charge in [-0.15, -0.1) is 0 Å². The lowest BCUT2D eigenvalue weighted by Gasteiger charge is -2.32. The largest absolute Gasteiger partial charge is 0.497 e. The second kappa shape index (κ2) is 12.6. The van der Waals surface area contributed by atoms with Crippen molar-refractivity contribution < 1.29 is 27.5 Å². The average Bonchev–Trinajstić information content (AvgIpc) is 2.84. The molecule has 2 atom stereocenters. The zero-order chi connectivity index (χ0) is 27.0. The van der Waals surface area contributed by atoms with Crippen LogP contribution < -0.4 is 19.1 Å². The van der Waals surface area contributed by atoms with Crippen molar-refractivity contribution in [1.29, 1.82) is 0 Å². The van der Waals surface area contributed by atoms with Crippen LogP contribution in [0.2, 0.25) is 0 Å². The highest BCUT2D eigenvalue weighted by atomic mass is 32.2. The van der Waals surface area contributed by atoms with Gasteiger partial charge in [-0.1, -0.05) is 25.1 Å². The van der Waals surface area contributed by atoms with E-state index in [9.17, 15) is 18.0 Å². The first-order valence-electron chi connectivity index (χ1n) is 11.8. The Morgan fingerprint density at radius 1 is 1.03 bits per heavy atom. The standard InChI is InChI=1S/C26H37N3O6S/c1-8-19(3)27-26(31)20(4)28(16-21-10-12-22(34-5)13-11-21)25(30)17-29(36(7,32)33)23-15-18(2)9-14-24(23)35-6/h9-15,19-20H,8,16-17H2,1-7H3,(H,27,31)/t19-,20+/m0/s1. The van der Waals surface area contributed by atoms with Gasteiger partial charge in [0, 0.05) is 12.6 Å². The molecule has 9 nitrogen and oxygen atoms in total. The molecule has 2 rings (SSSR count). The third kappa shape index (κ3) is 7.61. The number of nitrogens with zero attached hydrogens (tertiary/aromatic N) is 2. The first kappa shape index (κ1) is 29.0. The fraction of sp³-hybridized carbons (Fsp3) is 0.462. The van der Waals surface area contributed by atoms with Gasteiger partial charge in [-0.25, -0.2) is 8.42 Å². The quantitative estimate of drug-likeness (QED) is 0.462. The molecular weight excluding hydrogens is 482 g/mol. The summed E-state index contributed by atoms with van der Waals surface area (Å²) < 4.78 is 37.2. The van der Waals surface area contributed by atoms with Crippen LogP contribution in [0.1, 0.15) is 38.3 Å². The third-order valence-corrected chi connectivity index (χ3v) is 7.09. The number of carbonyl (C=O) groups is 2. The molecule has 10 heteroatoms. The molecule has 0 bridgehead atoms. The summed E-state index contributed by atoms with van der Waals surface area (Å²) >= 11 is 0. The number of methoxy groups -OCH3 is 2. The van der Waals surface area contributed by atoms with Gasteiger partial charge in [0.2, 0.25) is 21.8 Å². The molecule has 2 aromatic carbocycles. The molecule has 0 aliphatic heterocycles. The van der Waals surface area contributed by atoms with Crippen LogP contribution in [0.4, 0.5) is 5.69 Å². The minimum atomic E-state index is -3.86. The van der Waals surface area contributed by atoms with E-state index in [0.717, 1.165) is 28.1 Å². The van der Waals surface area contributed by atoms with Crippen molar-refractivity contribution in [2.75, 3.05) is 31.3 Å². The molecule has 0 saturated heterocycles. The Kier molecular flexibility index (Phi) is 10.2. The van der Waals surface area contributed by atoms with Gasteiger partial charge in [0.15, 0.2) is 0 Å². The summed E-state index contributed by atoms with van der Waals surface area (Å²) in [5.41, 5.74) is 1.84. The van der Waals surface area contributed by atoms with Gasteiger partial charge in [0.05, 0.1) is 26.2 Å². The first-order valence-corrected chi connectivity index (χ1v) is 13.6. The smallest absolute Gasteiger partial charge is 0.244 e.